The zero-order chi connectivity index (χ0) is 19.2. The highest BCUT2D eigenvalue weighted by Crippen LogP contribution is 2.40. The van der Waals surface area contributed by atoms with Crippen molar-refractivity contribution >= 4 is 10.0 Å². The maximum Gasteiger partial charge on any atom is 0.262 e. The van der Waals surface area contributed by atoms with E-state index in [1.54, 1.807) is 31.7 Å². The molecule has 4 rings (SSSR count). The van der Waals surface area contributed by atoms with Crippen LogP contribution >= 0.6 is 0 Å². The molecule has 1 aromatic carbocycles. The summed E-state index contributed by atoms with van der Waals surface area (Å²) in [6.07, 6.45) is 1.55. The molecule has 1 saturated heterocycles. The molecular formula is C18H21N5O3S. The smallest absolute Gasteiger partial charge is 0.262 e. The third-order valence-electron chi connectivity index (χ3n) is 5.07. The Kier molecular flexibility index (Phi) is 4.35. The van der Waals surface area contributed by atoms with Crippen molar-refractivity contribution in [2.75, 3.05) is 13.1 Å². The molecule has 0 bridgehead atoms. The summed E-state index contributed by atoms with van der Waals surface area (Å²) in [5.41, 5.74) is 1.05. The summed E-state index contributed by atoms with van der Waals surface area (Å²) in [6, 6.07) is 9.84. The van der Waals surface area contributed by atoms with E-state index in [0.29, 0.717) is 24.1 Å². The van der Waals surface area contributed by atoms with Gasteiger partial charge in [0, 0.05) is 32.3 Å². The van der Waals surface area contributed by atoms with Crippen LogP contribution in [0.3, 0.4) is 0 Å². The number of nitrogens with zero attached hydrogens (tertiary/aromatic N) is 5. The third-order valence-corrected chi connectivity index (χ3v) is 6.77. The standard InChI is InChI=1S/C18H21N5O3S/c1-12-19-18(26-21-12)16-10-23(9-15(16)14-7-5-4-6-8-14)27(24,25)17-11-22(3)13(2)20-17/h4-8,11,15-16H,9-10H2,1-3H3/t15-,16+/m0/s1. The molecular weight excluding hydrogens is 366 g/mol. The van der Waals surface area contributed by atoms with Crippen LogP contribution in [0.5, 0.6) is 0 Å². The van der Waals surface area contributed by atoms with Crippen molar-refractivity contribution in [3.05, 3.63) is 59.6 Å². The molecule has 0 aliphatic carbocycles. The van der Waals surface area contributed by atoms with E-state index in [1.807, 2.05) is 30.3 Å². The summed E-state index contributed by atoms with van der Waals surface area (Å²) in [4.78, 5) is 8.56. The van der Waals surface area contributed by atoms with Gasteiger partial charge < -0.3 is 9.09 Å². The molecule has 0 N–H and O–H groups in total. The Morgan fingerprint density at radius 3 is 2.37 bits per heavy atom. The van der Waals surface area contributed by atoms with Crippen molar-refractivity contribution in [1.29, 1.82) is 0 Å². The fraction of sp³-hybridized carbons (Fsp3) is 0.389. The van der Waals surface area contributed by atoms with E-state index in [1.165, 1.54) is 4.31 Å². The minimum atomic E-state index is -3.70. The van der Waals surface area contributed by atoms with Crippen LogP contribution in [0, 0.1) is 13.8 Å². The van der Waals surface area contributed by atoms with E-state index in [9.17, 15) is 8.42 Å². The summed E-state index contributed by atoms with van der Waals surface area (Å²) < 4.78 is 34.8. The van der Waals surface area contributed by atoms with Crippen LogP contribution in [0.2, 0.25) is 0 Å². The molecule has 0 amide bonds. The normalized spacial score (nSPS) is 21.0. The predicted molar refractivity (Wildman–Crippen MR) is 97.7 cm³/mol. The Bertz CT molecular complexity index is 1040. The van der Waals surface area contributed by atoms with E-state index in [-0.39, 0.29) is 23.4 Å². The minimum absolute atomic E-state index is 0.0642. The lowest BCUT2D eigenvalue weighted by Crippen LogP contribution is -2.29. The quantitative estimate of drug-likeness (QED) is 0.680. The lowest BCUT2D eigenvalue weighted by molar-refractivity contribution is 0.345. The largest absolute Gasteiger partial charge is 0.339 e. The van der Waals surface area contributed by atoms with Gasteiger partial charge in [0.2, 0.25) is 5.89 Å². The fourth-order valence-corrected chi connectivity index (χ4v) is 5.02. The molecule has 1 fully saturated rings. The van der Waals surface area contributed by atoms with Crippen LogP contribution in [0.15, 0.2) is 46.1 Å². The number of aryl methyl sites for hydroxylation is 3. The van der Waals surface area contributed by atoms with Gasteiger partial charge in [-0.1, -0.05) is 35.5 Å². The number of rotatable bonds is 4. The van der Waals surface area contributed by atoms with Crippen molar-refractivity contribution in [2.24, 2.45) is 7.05 Å². The van der Waals surface area contributed by atoms with Crippen LogP contribution in [0.25, 0.3) is 0 Å². The average molecular weight is 387 g/mol. The molecule has 27 heavy (non-hydrogen) atoms. The molecule has 9 heteroatoms. The van der Waals surface area contributed by atoms with Crippen LogP contribution in [0.1, 0.15) is 34.9 Å². The zero-order valence-electron chi connectivity index (χ0n) is 15.4. The first-order valence-corrected chi connectivity index (χ1v) is 10.2. The van der Waals surface area contributed by atoms with Crippen molar-refractivity contribution < 1.29 is 12.9 Å². The van der Waals surface area contributed by atoms with Crippen LogP contribution < -0.4 is 0 Å². The SMILES string of the molecule is Cc1noc([C@@H]2CN(S(=O)(=O)c3cn(C)c(C)n3)C[C@H]2c2ccccc2)n1. The van der Waals surface area contributed by atoms with Gasteiger partial charge in [0.15, 0.2) is 10.9 Å². The molecule has 3 aromatic rings. The monoisotopic (exact) mass is 387 g/mol. The molecule has 0 spiro atoms. The topological polar surface area (TPSA) is 94.1 Å². The Morgan fingerprint density at radius 1 is 1.07 bits per heavy atom. The number of sulfonamides is 1. The molecule has 142 valence electrons. The second kappa shape index (κ2) is 6.58. The van der Waals surface area contributed by atoms with E-state index in [0.717, 1.165) is 5.56 Å². The summed E-state index contributed by atoms with van der Waals surface area (Å²) in [5.74, 6) is 1.39. The Labute approximate surface area is 157 Å². The van der Waals surface area contributed by atoms with Gasteiger partial charge in [-0.2, -0.15) is 9.29 Å². The van der Waals surface area contributed by atoms with Crippen molar-refractivity contribution in [3.8, 4) is 0 Å². The number of hydrogen-bond acceptors (Lipinski definition) is 6. The van der Waals surface area contributed by atoms with Crippen molar-refractivity contribution in [1.82, 2.24) is 24.0 Å². The van der Waals surface area contributed by atoms with E-state index in [2.05, 4.69) is 15.1 Å². The van der Waals surface area contributed by atoms with Gasteiger partial charge in [0.05, 0.1) is 5.92 Å². The number of benzene rings is 1. The molecule has 2 aromatic heterocycles. The van der Waals surface area contributed by atoms with Crippen LogP contribution in [-0.4, -0.2) is 45.5 Å². The first-order chi connectivity index (χ1) is 12.9. The Morgan fingerprint density at radius 2 is 1.78 bits per heavy atom. The van der Waals surface area contributed by atoms with Gasteiger partial charge in [0.1, 0.15) is 5.82 Å². The summed E-state index contributed by atoms with van der Waals surface area (Å²) in [6.45, 7) is 4.15. The van der Waals surface area contributed by atoms with Crippen molar-refractivity contribution in [3.63, 3.8) is 0 Å². The number of aromatic nitrogens is 4. The van der Waals surface area contributed by atoms with Gasteiger partial charge in [-0.15, -0.1) is 0 Å². The Balaban J connectivity index is 1.72. The second-order valence-electron chi connectivity index (χ2n) is 6.86. The molecule has 1 aliphatic heterocycles. The van der Waals surface area contributed by atoms with E-state index >= 15 is 0 Å². The van der Waals surface area contributed by atoms with Gasteiger partial charge in [0.25, 0.3) is 10.0 Å². The Hall–Kier alpha value is -2.52. The third kappa shape index (κ3) is 3.17. The first-order valence-electron chi connectivity index (χ1n) is 8.71. The zero-order valence-corrected chi connectivity index (χ0v) is 16.2. The molecule has 1 aliphatic rings. The van der Waals surface area contributed by atoms with Crippen LogP contribution in [-0.2, 0) is 17.1 Å². The highest BCUT2D eigenvalue weighted by molar-refractivity contribution is 7.89. The maximum atomic E-state index is 13.1. The molecule has 8 nitrogen and oxygen atoms in total. The number of imidazole rings is 1. The van der Waals surface area contributed by atoms with Crippen LogP contribution in [0.4, 0.5) is 0 Å². The molecule has 0 radical (unpaired) electrons. The van der Waals surface area contributed by atoms with Gasteiger partial charge in [-0.3, -0.25) is 0 Å². The molecule has 3 heterocycles. The minimum Gasteiger partial charge on any atom is -0.339 e. The predicted octanol–water partition coefficient (Wildman–Crippen LogP) is 1.99. The lowest BCUT2D eigenvalue weighted by atomic mass is 9.89. The summed E-state index contributed by atoms with van der Waals surface area (Å²) >= 11 is 0. The van der Waals surface area contributed by atoms with Gasteiger partial charge in [-0.05, 0) is 19.4 Å². The first kappa shape index (κ1) is 17.9. The van der Waals surface area contributed by atoms with E-state index < -0.39 is 10.0 Å². The number of hydrogen-bond donors (Lipinski definition) is 0. The highest BCUT2D eigenvalue weighted by atomic mass is 32.2. The lowest BCUT2D eigenvalue weighted by Gasteiger charge is -2.15. The maximum absolute atomic E-state index is 13.1. The average Bonchev–Trinajstić information content (AvgIpc) is 3.35. The van der Waals surface area contributed by atoms with Crippen molar-refractivity contribution in [2.45, 2.75) is 30.7 Å². The fourth-order valence-electron chi connectivity index (χ4n) is 3.50. The molecule has 2 atom stereocenters. The van der Waals surface area contributed by atoms with E-state index in [4.69, 9.17) is 4.52 Å². The van der Waals surface area contributed by atoms with Gasteiger partial charge in [-0.25, -0.2) is 13.4 Å². The summed E-state index contributed by atoms with van der Waals surface area (Å²) in [7, 11) is -1.92. The summed E-state index contributed by atoms with van der Waals surface area (Å²) in [5, 5.41) is 3.95. The molecule has 0 unspecified atom stereocenters. The highest BCUT2D eigenvalue weighted by Gasteiger charge is 2.44. The molecule has 0 saturated carbocycles. The van der Waals surface area contributed by atoms with Gasteiger partial charge >= 0.3 is 0 Å². The second-order valence-corrected chi connectivity index (χ2v) is 8.75.